The summed E-state index contributed by atoms with van der Waals surface area (Å²) in [5.41, 5.74) is 0.730. The second-order valence-electron chi connectivity index (χ2n) is 1.84. The zero-order chi connectivity index (χ0) is 7.56. The maximum Gasteiger partial charge on any atom is 0.709 e. The van der Waals surface area contributed by atoms with Crippen LogP contribution in [-0.2, 0) is 0 Å². The van der Waals surface area contributed by atoms with Gasteiger partial charge >= 0.3 is 7.32 Å². The van der Waals surface area contributed by atoms with Crippen LogP contribution in [-0.4, -0.2) is 17.4 Å². The van der Waals surface area contributed by atoms with E-state index in [2.05, 4.69) is 4.65 Å². The normalized spacial score (nSPS) is 9.50. The average molecular weight is 142 g/mol. The SMILES string of the molecule is Cc1ccoc1OB(O)O. The molecule has 0 aliphatic heterocycles. The molecule has 0 aromatic carbocycles. The smallest absolute Gasteiger partial charge is 0.484 e. The lowest BCUT2D eigenvalue weighted by Gasteiger charge is -1.99. The predicted octanol–water partition coefficient (Wildman–Crippen LogP) is -0.0637. The zero-order valence-corrected chi connectivity index (χ0v) is 5.44. The lowest BCUT2D eigenvalue weighted by molar-refractivity contribution is 0.251. The molecule has 1 aromatic rings. The third-order valence-electron chi connectivity index (χ3n) is 1.03. The van der Waals surface area contributed by atoms with Gasteiger partial charge in [-0.05, 0) is 13.0 Å². The summed E-state index contributed by atoms with van der Waals surface area (Å²) in [6, 6.07) is 1.66. The summed E-state index contributed by atoms with van der Waals surface area (Å²) < 4.78 is 9.16. The van der Waals surface area contributed by atoms with Crippen LogP contribution < -0.4 is 4.65 Å². The molecule has 1 heterocycles. The molecule has 0 saturated carbocycles. The molecular formula is C5H7BO4. The van der Waals surface area contributed by atoms with Gasteiger partial charge in [-0.2, -0.15) is 0 Å². The van der Waals surface area contributed by atoms with Gasteiger partial charge in [0.05, 0.1) is 6.26 Å². The van der Waals surface area contributed by atoms with Gasteiger partial charge in [0.15, 0.2) is 0 Å². The quantitative estimate of drug-likeness (QED) is 0.567. The third-order valence-corrected chi connectivity index (χ3v) is 1.03. The second-order valence-corrected chi connectivity index (χ2v) is 1.84. The van der Waals surface area contributed by atoms with Crippen LogP contribution in [0.25, 0.3) is 0 Å². The first-order valence-corrected chi connectivity index (χ1v) is 2.77. The van der Waals surface area contributed by atoms with Gasteiger partial charge in [-0.3, -0.25) is 0 Å². The fourth-order valence-corrected chi connectivity index (χ4v) is 0.575. The van der Waals surface area contributed by atoms with Crippen LogP contribution in [0.2, 0.25) is 0 Å². The maximum absolute atomic E-state index is 8.32. The minimum Gasteiger partial charge on any atom is -0.484 e. The topological polar surface area (TPSA) is 62.8 Å². The van der Waals surface area contributed by atoms with Crippen molar-refractivity contribution in [3.63, 3.8) is 0 Å². The first-order chi connectivity index (χ1) is 4.70. The fourth-order valence-electron chi connectivity index (χ4n) is 0.575. The van der Waals surface area contributed by atoms with Crippen molar-refractivity contribution in [1.82, 2.24) is 0 Å². The fraction of sp³-hybridized carbons (Fsp3) is 0.200. The summed E-state index contributed by atoms with van der Waals surface area (Å²) in [6.45, 7) is 1.74. The van der Waals surface area contributed by atoms with Crippen molar-refractivity contribution in [3.05, 3.63) is 17.9 Å². The van der Waals surface area contributed by atoms with Crippen molar-refractivity contribution < 1.29 is 19.1 Å². The van der Waals surface area contributed by atoms with Crippen LogP contribution in [0.5, 0.6) is 5.95 Å². The van der Waals surface area contributed by atoms with Crippen molar-refractivity contribution in [2.75, 3.05) is 0 Å². The maximum atomic E-state index is 8.32. The van der Waals surface area contributed by atoms with Crippen molar-refractivity contribution in [3.8, 4) is 5.95 Å². The number of hydrogen-bond donors (Lipinski definition) is 2. The van der Waals surface area contributed by atoms with Gasteiger partial charge in [0, 0.05) is 5.56 Å². The molecule has 0 fully saturated rings. The highest BCUT2D eigenvalue weighted by Crippen LogP contribution is 2.17. The highest BCUT2D eigenvalue weighted by Gasteiger charge is 2.14. The van der Waals surface area contributed by atoms with E-state index in [1.807, 2.05) is 0 Å². The van der Waals surface area contributed by atoms with Gasteiger partial charge in [0.25, 0.3) is 5.95 Å². The van der Waals surface area contributed by atoms with Crippen molar-refractivity contribution in [2.24, 2.45) is 0 Å². The Labute approximate surface area is 58.2 Å². The third kappa shape index (κ3) is 1.52. The van der Waals surface area contributed by atoms with Gasteiger partial charge in [0.1, 0.15) is 0 Å². The molecule has 0 bridgehead atoms. The van der Waals surface area contributed by atoms with Gasteiger partial charge in [-0.15, -0.1) is 0 Å². The van der Waals surface area contributed by atoms with Crippen molar-refractivity contribution in [2.45, 2.75) is 6.92 Å². The second kappa shape index (κ2) is 2.77. The van der Waals surface area contributed by atoms with E-state index in [1.54, 1.807) is 13.0 Å². The van der Waals surface area contributed by atoms with Crippen LogP contribution in [0.15, 0.2) is 16.7 Å². The number of rotatable bonds is 2. The number of furan rings is 1. The lowest BCUT2D eigenvalue weighted by atomic mass is 10.2. The Morgan fingerprint density at radius 3 is 2.70 bits per heavy atom. The molecule has 54 valence electrons. The van der Waals surface area contributed by atoms with Crippen LogP contribution in [0.3, 0.4) is 0 Å². The van der Waals surface area contributed by atoms with E-state index in [1.165, 1.54) is 6.26 Å². The molecule has 0 amide bonds. The van der Waals surface area contributed by atoms with Gasteiger partial charge < -0.3 is 19.1 Å². The van der Waals surface area contributed by atoms with E-state index in [9.17, 15) is 0 Å². The molecule has 4 nitrogen and oxygen atoms in total. The van der Waals surface area contributed by atoms with E-state index >= 15 is 0 Å². The largest absolute Gasteiger partial charge is 0.709 e. The molecule has 0 radical (unpaired) electrons. The highest BCUT2D eigenvalue weighted by molar-refractivity contribution is 6.33. The van der Waals surface area contributed by atoms with E-state index < -0.39 is 7.32 Å². The Kier molecular flexibility index (Phi) is 1.98. The molecule has 0 unspecified atom stereocenters. The summed E-state index contributed by atoms with van der Waals surface area (Å²) in [5, 5.41) is 16.6. The Morgan fingerprint density at radius 1 is 1.60 bits per heavy atom. The van der Waals surface area contributed by atoms with Gasteiger partial charge in [-0.25, -0.2) is 0 Å². The Morgan fingerprint density at radius 2 is 2.30 bits per heavy atom. The van der Waals surface area contributed by atoms with Crippen molar-refractivity contribution in [1.29, 1.82) is 0 Å². The molecule has 0 atom stereocenters. The highest BCUT2D eigenvalue weighted by atomic mass is 16.7. The summed E-state index contributed by atoms with van der Waals surface area (Å²) in [5.74, 6) is 0.134. The predicted molar refractivity (Wildman–Crippen MR) is 34.3 cm³/mol. The first kappa shape index (κ1) is 7.18. The molecule has 0 saturated heterocycles. The molecule has 0 aliphatic carbocycles. The molecule has 1 aromatic heterocycles. The summed E-state index contributed by atoms with van der Waals surface area (Å²) >= 11 is 0. The molecule has 5 heteroatoms. The number of hydrogen-bond acceptors (Lipinski definition) is 4. The molecule has 0 spiro atoms. The molecular weight excluding hydrogens is 135 g/mol. The van der Waals surface area contributed by atoms with Crippen LogP contribution in [0.4, 0.5) is 0 Å². The summed E-state index contributed by atoms with van der Waals surface area (Å²) in [4.78, 5) is 0. The Hall–Kier alpha value is -0.935. The van der Waals surface area contributed by atoms with E-state index in [0.717, 1.165) is 5.56 Å². The van der Waals surface area contributed by atoms with Gasteiger partial charge in [0.2, 0.25) is 0 Å². The van der Waals surface area contributed by atoms with Crippen LogP contribution in [0, 0.1) is 6.92 Å². The van der Waals surface area contributed by atoms with Crippen molar-refractivity contribution >= 4 is 7.32 Å². The van der Waals surface area contributed by atoms with Crippen LogP contribution in [0.1, 0.15) is 5.56 Å². The van der Waals surface area contributed by atoms with E-state index in [4.69, 9.17) is 14.5 Å². The standard InChI is InChI=1S/C5H7BO4/c1-4-2-3-9-5(4)10-6(7)8/h2-3,7-8H,1H3. The minimum atomic E-state index is -1.81. The zero-order valence-electron chi connectivity index (χ0n) is 5.44. The molecule has 2 N–H and O–H groups in total. The Balaban J connectivity index is 2.65. The molecule has 1 rings (SSSR count). The average Bonchev–Trinajstić information content (AvgIpc) is 2.15. The minimum absolute atomic E-state index is 0.134. The van der Waals surface area contributed by atoms with E-state index in [0.29, 0.717) is 0 Å². The molecule has 0 aliphatic rings. The monoisotopic (exact) mass is 142 g/mol. The van der Waals surface area contributed by atoms with Gasteiger partial charge in [-0.1, -0.05) is 0 Å². The molecule has 10 heavy (non-hydrogen) atoms. The lowest BCUT2D eigenvalue weighted by Crippen LogP contribution is -2.20. The first-order valence-electron chi connectivity index (χ1n) is 2.77. The van der Waals surface area contributed by atoms with Crippen LogP contribution >= 0.6 is 0 Å². The Bertz CT molecular complexity index is 207. The number of aryl methyl sites for hydroxylation is 1. The summed E-state index contributed by atoms with van der Waals surface area (Å²) in [6.07, 6.45) is 1.41. The summed E-state index contributed by atoms with van der Waals surface area (Å²) in [7, 11) is -1.81. The van der Waals surface area contributed by atoms with E-state index in [-0.39, 0.29) is 5.95 Å².